The number of hydrogen-bond acceptors (Lipinski definition) is 6. The Labute approximate surface area is 156 Å². The van der Waals surface area contributed by atoms with Crippen LogP contribution < -0.4 is 16.6 Å². The van der Waals surface area contributed by atoms with Crippen LogP contribution in [0.15, 0.2) is 21.7 Å². The second-order valence-electron chi connectivity index (χ2n) is 7.25. The summed E-state index contributed by atoms with van der Waals surface area (Å²) in [5.74, 6) is -0.150. The lowest BCUT2D eigenvalue weighted by atomic mass is 10.2. The first-order valence-corrected chi connectivity index (χ1v) is 9.28. The summed E-state index contributed by atoms with van der Waals surface area (Å²) in [5.41, 5.74) is -0.345. The highest BCUT2D eigenvalue weighted by atomic mass is 16.2. The fourth-order valence-corrected chi connectivity index (χ4v) is 4.01. The maximum Gasteiger partial charge on any atom is 0.332 e. The molecule has 144 valence electrons. The van der Waals surface area contributed by atoms with E-state index in [-0.39, 0.29) is 17.2 Å². The number of hydrogen-bond donors (Lipinski definition) is 1. The van der Waals surface area contributed by atoms with Crippen molar-refractivity contribution in [3.8, 4) is 0 Å². The van der Waals surface area contributed by atoms with Gasteiger partial charge in [-0.1, -0.05) is 0 Å². The van der Waals surface area contributed by atoms with Crippen LogP contribution in [0.3, 0.4) is 0 Å². The monoisotopic (exact) mass is 372 g/mol. The Bertz CT molecular complexity index is 1000. The number of carbonyl (C=O) groups excluding carboxylic acids is 1. The van der Waals surface area contributed by atoms with E-state index in [1.807, 2.05) is 4.90 Å². The molecule has 0 bridgehead atoms. The van der Waals surface area contributed by atoms with Crippen molar-refractivity contribution in [3.63, 3.8) is 0 Å². The van der Waals surface area contributed by atoms with Crippen LogP contribution in [0, 0.1) is 0 Å². The van der Waals surface area contributed by atoms with Gasteiger partial charge in [-0.05, 0) is 18.6 Å². The number of carbonyl (C=O) groups is 1. The van der Waals surface area contributed by atoms with Crippen LogP contribution in [0.5, 0.6) is 0 Å². The van der Waals surface area contributed by atoms with Crippen molar-refractivity contribution in [1.29, 1.82) is 0 Å². The van der Waals surface area contributed by atoms with Crippen molar-refractivity contribution in [1.82, 2.24) is 29.2 Å². The summed E-state index contributed by atoms with van der Waals surface area (Å²) >= 11 is 0. The molecule has 1 N–H and O–H groups in total. The largest absolute Gasteiger partial charge is 0.336 e. The van der Waals surface area contributed by atoms with Gasteiger partial charge in [0.15, 0.2) is 0 Å². The zero-order valence-corrected chi connectivity index (χ0v) is 15.6. The van der Waals surface area contributed by atoms with E-state index >= 15 is 0 Å². The number of likely N-dealkylation sites (tertiary alicyclic amines) is 1. The van der Waals surface area contributed by atoms with Crippen LogP contribution in [-0.2, 0) is 14.1 Å². The van der Waals surface area contributed by atoms with Crippen LogP contribution in [0.4, 0.5) is 0 Å². The van der Waals surface area contributed by atoms with Gasteiger partial charge in [-0.2, -0.15) is 0 Å². The number of amides is 1. The average Bonchev–Trinajstić information content (AvgIpc) is 3.20. The van der Waals surface area contributed by atoms with Gasteiger partial charge in [0.05, 0.1) is 5.39 Å². The number of rotatable bonds is 2. The van der Waals surface area contributed by atoms with E-state index < -0.39 is 11.2 Å². The van der Waals surface area contributed by atoms with E-state index in [1.54, 1.807) is 19.2 Å². The van der Waals surface area contributed by atoms with Gasteiger partial charge in [0.25, 0.3) is 11.5 Å². The third kappa shape index (κ3) is 3.06. The van der Waals surface area contributed by atoms with Crippen LogP contribution in [0.2, 0.25) is 0 Å². The van der Waals surface area contributed by atoms with Crippen molar-refractivity contribution in [2.24, 2.45) is 14.1 Å². The number of pyridine rings is 1. The highest BCUT2D eigenvalue weighted by Gasteiger charge is 2.32. The number of aromatic nitrogens is 3. The number of piperazine rings is 1. The van der Waals surface area contributed by atoms with Gasteiger partial charge in [0.1, 0.15) is 11.3 Å². The van der Waals surface area contributed by atoms with Gasteiger partial charge in [-0.25, -0.2) is 9.78 Å². The van der Waals surface area contributed by atoms with Crippen molar-refractivity contribution in [2.75, 3.05) is 39.3 Å². The number of aryl methyl sites for hydroxylation is 1. The molecule has 1 unspecified atom stereocenters. The Morgan fingerprint density at radius 2 is 1.85 bits per heavy atom. The minimum absolute atomic E-state index is 0.150. The molecule has 2 aliphatic rings. The molecular formula is C18H24N6O3. The van der Waals surface area contributed by atoms with E-state index in [0.29, 0.717) is 24.5 Å². The van der Waals surface area contributed by atoms with Crippen LogP contribution in [0.1, 0.15) is 16.9 Å². The fraction of sp³-hybridized carbons (Fsp3) is 0.556. The molecular weight excluding hydrogens is 348 g/mol. The molecule has 2 aromatic heterocycles. The Balaban J connectivity index is 1.60. The van der Waals surface area contributed by atoms with E-state index in [0.717, 1.165) is 37.2 Å². The summed E-state index contributed by atoms with van der Waals surface area (Å²) in [6, 6.07) is 3.55. The molecule has 2 fully saturated rings. The fourth-order valence-electron chi connectivity index (χ4n) is 4.01. The number of fused-ring (bicyclic) bond motifs is 1. The van der Waals surface area contributed by atoms with Gasteiger partial charge >= 0.3 is 5.69 Å². The topological polar surface area (TPSA) is 92.5 Å². The average molecular weight is 372 g/mol. The predicted octanol–water partition coefficient (Wildman–Crippen LogP) is -1.25. The SMILES string of the molecule is Cn1c(=O)c2ccc(C(=O)N3CCC(N4CCNCC4)C3)nc2n(C)c1=O. The smallest absolute Gasteiger partial charge is 0.332 e. The van der Waals surface area contributed by atoms with Gasteiger partial charge < -0.3 is 10.2 Å². The third-order valence-electron chi connectivity index (χ3n) is 5.64. The Hall–Kier alpha value is -2.52. The molecule has 0 aromatic carbocycles. The van der Waals surface area contributed by atoms with Gasteiger partial charge in [0, 0.05) is 59.4 Å². The molecule has 9 nitrogen and oxygen atoms in total. The van der Waals surface area contributed by atoms with Crippen molar-refractivity contribution in [2.45, 2.75) is 12.5 Å². The number of nitrogens with one attached hydrogen (secondary N) is 1. The first-order valence-electron chi connectivity index (χ1n) is 9.28. The summed E-state index contributed by atoms with van der Waals surface area (Å²) < 4.78 is 2.35. The van der Waals surface area contributed by atoms with Crippen LogP contribution in [0.25, 0.3) is 11.0 Å². The molecule has 0 aliphatic carbocycles. The minimum atomic E-state index is -0.454. The van der Waals surface area contributed by atoms with Gasteiger partial charge in [0.2, 0.25) is 0 Å². The third-order valence-corrected chi connectivity index (χ3v) is 5.64. The van der Waals surface area contributed by atoms with Crippen molar-refractivity contribution < 1.29 is 4.79 Å². The quantitative estimate of drug-likeness (QED) is 0.708. The molecule has 0 spiro atoms. The van der Waals surface area contributed by atoms with Crippen LogP contribution >= 0.6 is 0 Å². The summed E-state index contributed by atoms with van der Waals surface area (Å²) in [4.78, 5) is 45.9. The molecule has 2 saturated heterocycles. The standard InChI is InChI=1S/C18H24N6O3/c1-21-15-13(16(25)22(2)18(21)27)3-4-14(20-15)17(26)24-8-5-12(11-24)23-9-6-19-7-10-23/h3-4,12,19H,5-11H2,1-2H3. The predicted molar refractivity (Wildman–Crippen MR) is 101 cm³/mol. The van der Waals surface area contributed by atoms with Crippen molar-refractivity contribution >= 4 is 16.9 Å². The summed E-state index contributed by atoms with van der Waals surface area (Å²) in [7, 11) is 2.99. The van der Waals surface area contributed by atoms with E-state index in [1.165, 1.54) is 11.6 Å². The molecule has 1 amide bonds. The van der Waals surface area contributed by atoms with Crippen LogP contribution in [-0.4, -0.2) is 75.1 Å². The molecule has 2 aliphatic heterocycles. The second-order valence-corrected chi connectivity index (χ2v) is 7.25. The molecule has 1 atom stereocenters. The summed E-state index contributed by atoms with van der Waals surface area (Å²) in [5, 5.41) is 3.68. The Morgan fingerprint density at radius 1 is 1.11 bits per heavy atom. The summed E-state index contributed by atoms with van der Waals surface area (Å²) in [6.45, 7) is 5.37. The second kappa shape index (κ2) is 6.90. The summed E-state index contributed by atoms with van der Waals surface area (Å²) in [6.07, 6.45) is 0.957. The zero-order chi connectivity index (χ0) is 19.1. The number of nitrogens with zero attached hydrogens (tertiary/aromatic N) is 5. The molecule has 4 heterocycles. The zero-order valence-electron chi connectivity index (χ0n) is 15.6. The molecule has 0 radical (unpaired) electrons. The minimum Gasteiger partial charge on any atom is -0.336 e. The molecule has 9 heteroatoms. The highest BCUT2D eigenvalue weighted by molar-refractivity contribution is 5.94. The first kappa shape index (κ1) is 17.9. The van der Waals surface area contributed by atoms with E-state index in [4.69, 9.17) is 0 Å². The van der Waals surface area contributed by atoms with E-state index in [9.17, 15) is 14.4 Å². The molecule has 2 aromatic rings. The maximum atomic E-state index is 12.9. The lowest BCUT2D eigenvalue weighted by molar-refractivity contribution is 0.0768. The van der Waals surface area contributed by atoms with E-state index in [2.05, 4.69) is 15.2 Å². The first-order chi connectivity index (χ1) is 13.0. The Kier molecular flexibility index (Phi) is 4.56. The van der Waals surface area contributed by atoms with Gasteiger partial charge in [-0.15, -0.1) is 0 Å². The van der Waals surface area contributed by atoms with Crippen molar-refractivity contribution in [3.05, 3.63) is 38.7 Å². The molecule has 0 saturated carbocycles. The Morgan fingerprint density at radius 3 is 2.59 bits per heavy atom. The lowest BCUT2D eigenvalue weighted by Gasteiger charge is -2.32. The lowest BCUT2D eigenvalue weighted by Crippen LogP contribution is -2.49. The van der Waals surface area contributed by atoms with Gasteiger partial charge in [-0.3, -0.25) is 23.6 Å². The molecule has 27 heavy (non-hydrogen) atoms. The normalized spacial score (nSPS) is 21.1. The highest BCUT2D eigenvalue weighted by Crippen LogP contribution is 2.18. The molecule has 4 rings (SSSR count). The maximum absolute atomic E-state index is 12.9.